The second-order valence-corrected chi connectivity index (χ2v) is 6.54. The van der Waals surface area contributed by atoms with E-state index >= 15 is 0 Å². The average Bonchev–Trinajstić information content (AvgIpc) is 2.23. The van der Waals surface area contributed by atoms with E-state index in [1.54, 1.807) is 4.68 Å². The summed E-state index contributed by atoms with van der Waals surface area (Å²) in [6, 6.07) is 0. The Morgan fingerprint density at radius 1 is 1.43 bits per heavy atom. The van der Waals surface area contributed by atoms with Crippen molar-refractivity contribution in [3.63, 3.8) is 0 Å². The van der Waals surface area contributed by atoms with Crippen molar-refractivity contribution in [2.24, 2.45) is 7.05 Å². The van der Waals surface area contributed by atoms with Crippen molar-refractivity contribution in [2.45, 2.75) is 38.2 Å². The zero-order chi connectivity index (χ0) is 10.9. The predicted molar refractivity (Wildman–Crippen MR) is 64.0 cm³/mol. The third-order valence-corrected chi connectivity index (χ3v) is 3.69. The summed E-state index contributed by atoms with van der Waals surface area (Å²) in [5.74, 6) is 0.933. The highest BCUT2D eigenvalue weighted by Crippen LogP contribution is 2.31. The lowest BCUT2D eigenvalue weighted by atomic mass is 10.3. The van der Waals surface area contributed by atoms with Crippen LogP contribution in [0.25, 0.3) is 0 Å². The summed E-state index contributed by atoms with van der Waals surface area (Å²) in [7, 11) is 1.88. The minimum absolute atomic E-state index is 0.269. The van der Waals surface area contributed by atoms with Crippen molar-refractivity contribution < 1.29 is 0 Å². The van der Waals surface area contributed by atoms with Crippen LogP contribution in [0.1, 0.15) is 32.0 Å². The van der Waals surface area contributed by atoms with E-state index < -0.39 is 0 Å². The monoisotopic (exact) mass is 232 g/mol. The summed E-state index contributed by atoms with van der Waals surface area (Å²) in [5, 5.41) is 5.05. The highest BCUT2D eigenvalue weighted by atomic mass is 35.5. The molecule has 1 aromatic heterocycles. The van der Waals surface area contributed by atoms with E-state index in [2.05, 4.69) is 25.9 Å². The van der Waals surface area contributed by atoms with Gasteiger partial charge in [-0.1, -0.05) is 32.4 Å². The van der Waals surface area contributed by atoms with Crippen LogP contribution in [0.4, 0.5) is 0 Å². The third kappa shape index (κ3) is 2.92. The molecule has 2 nitrogen and oxygen atoms in total. The topological polar surface area (TPSA) is 17.8 Å². The number of hydrogen-bond donors (Lipinski definition) is 0. The SMILES string of the molecule is Cc1nn(C)c(Cl)c1CSC(C)(C)C. The fourth-order valence-electron chi connectivity index (χ4n) is 1.13. The molecule has 0 aliphatic rings. The molecule has 1 heterocycles. The van der Waals surface area contributed by atoms with E-state index in [-0.39, 0.29) is 4.75 Å². The Bertz CT molecular complexity index is 326. The highest BCUT2D eigenvalue weighted by Gasteiger charge is 2.16. The van der Waals surface area contributed by atoms with Crippen molar-refractivity contribution >= 4 is 23.4 Å². The quantitative estimate of drug-likeness (QED) is 0.778. The molecule has 14 heavy (non-hydrogen) atoms. The van der Waals surface area contributed by atoms with Gasteiger partial charge in [0, 0.05) is 23.1 Å². The van der Waals surface area contributed by atoms with Crippen LogP contribution in [0.5, 0.6) is 0 Å². The molecule has 0 unspecified atom stereocenters. The summed E-state index contributed by atoms with van der Waals surface area (Å²) in [6.07, 6.45) is 0. The maximum absolute atomic E-state index is 6.13. The molecule has 0 atom stereocenters. The normalized spacial score (nSPS) is 12.1. The second-order valence-electron chi connectivity index (χ2n) is 4.38. The summed E-state index contributed by atoms with van der Waals surface area (Å²) >= 11 is 8.02. The Balaban J connectivity index is 2.77. The summed E-state index contributed by atoms with van der Waals surface area (Å²) < 4.78 is 2.00. The van der Waals surface area contributed by atoms with Gasteiger partial charge in [-0.05, 0) is 6.92 Å². The van der Waals surface area contributed by atoms with Gasteiger partial charge in [0.15, 0.2) is 0 Å². The number of aryl methyl sites for hydroxylation is 2. The van der Waals surface area contributed by atoms with Crippen LogP contribution in [0.15, 0.2) is 0 Å². The number of thioether (sulfide) groups is 1. The van der Waals surface area contributed by atoms with Crippen LogP contribution in [-0.2, 0) is 12.8 Å². The molecule has 0 fully saturated rings. The van der Waals surface area contributed by atoms with Gasteiger partial charge in [0.2, 0.25) is 0 Å². The molecule has 0 N–H and O–H groups in total. The molecule has 1 aromatic rings. The minimum Gasteiger partial charge on any atom is -0.257 e. The Morgan fingerprint density at radius 3 is 2.36 bits per heavy atom. The lowest BCUT2D eigenvalue weighted by Crippen LogP contribution is -2.07. The third-order valence-electron chi connectivity index (χ3n) is 1.92. The number of halogens is 1. The number of hydrogen-bond acceptors (Lipinski definition) is 2. The molecule has 0 saturated carbocycles. The van der Waals surface area contributed by atoms with Gasteiger partial charge in [0.05, 0.1) is 5.69 Å². The molecule has 4 heteroatoms. The zero-order valence-electron chi connectivity index (χ0n) is 9.39. The van der Waals surface area contributed by atoms with Gasteiger partial charge in [0.25, 0.3) is 0 Å². The fourth-order valence-corrected chi connectivity index (χ4v) is 2.37. The van der Waals surface area contributed by atoms with Crippen molar-refractivity contribution in [3.8, 4) is 0 Å². The van der Waals surface area contributed by atoms with Crippen LogP contribution in [0.2, 0.25) is 5.15 Å². The lowest BCUT2D eigenvalue weighted by Gasteiger charge is -2.17. The van der Waals surface area contributed by atoms with Crippen LogP contribution < -0.4 is 0 Å². The second kappa shape index (κ2) is 4.15. The zero-order valence-corrected chi connectivity index (χ0v) is 11.0. The smallest absolute Gasteiger partial charge is 0.131 e. The summed E-state index contributed by atoms with van der Waals surface area (Å²) in [4.78, 5) is 0. The Morgan fingerprint density at radius 2 is 2.00 bits per heavy atom. The number of nitrogens with zero attached hydrogens (tertiary/aromatic N) is 2. The van der Waals surface area contributed by atoms with Crippen molar-refractivity contribution in [2.75, 3.05) is 0 Å². The molecule has 0 amide bonds. The van der Waals surface area contributed by atoms with Gasteiger partial charge in [0.1, 0.15) is 5.15 Å². The first-order chi connectivity index (χ1) is 6.31. The van der Waals surface area contributed by atoms with E-state index in [0.717, 1.165) is 22.2 Å². The maximum atomic E-state index is 6.13. The van der Waals surface area contributed by atoms with Crippen LogP contribution >= 0.6 is 23.4 Å². The fraction of sp³-hybridized carbons (Fsp3) is 0.700. The number of rotatable bonds is 2. The van der Waals surface area contributed by atoms with Crippen LogP contribution in [0, 0.1) is 6.92 Å². The van der Waals surface area contributed by atoms with Crippen molar-refractivity contribution in [3.05, 3.63) is 16.4 Å². The molecule has 0 spiro atoms. The predicted octanol–water partition coefficient (Wildman–Crippen LogP) is 3.41. The van der Waals surface area contributed by atoms with E-state index in [0.29, 0.717) is 0 Å². The van der Waals surface area contributed by atoms with Crippen LogP contribution in [0.3, 0.4) is 0 Å². The molecule has 0 aliphatic carbocycles. The first kappa shape index (κ1) is 11.9. The van der Waals surface area contributed by atoms with Crippen molar-refractivity contribution in [1.29, 1.82) is 0 Å². The molecule has 0 bridgehead atoms. The van der Waals surface area contributed by atoms with E-state index in [1.807, 2.05) is 25.7 Å². The van der Waals surface area contributed by atoms with Gasteiger partial charge in [-0.25, -0.2) is 0 Å². The largest absolute Gasteiger partial charge is 0.257 e. The van der Waals surface area contributed by atoms with Crippen molar-refractivity contribution in [1.82, 2.24) is 9.78 Å². The molecular weight excluding hydrogens is 216 g/mol. The minimum atomic E-state index is 0.269. The lowest BCUT2D eigenvalue weighted by molar-refractivity contribution is 0.757. The number of aromatic nitrogens is 2. The highest BCUT2D eigenvalue weighted by molar-refractivity contribution is 7.99. The molecule has 1 rings (SSSR count). The Hall–Kier alpha value is -0.150. The van der Waals surface area contributed by atoms with E-state index in [9.17, 15) is 0 Å². The molecule has 0 saturated heterocycles. The molecule has 80 valence electrons. The molecule has 0 radical (unpaired) electrons. The van der Waals surface area contributed by atoms with Gasteiger partial charge in [-0.15, -0.1) is 0 Å². The van der Waals surface area contributed by atoms with E-state index in [4.69, 9.17) is 11.6 Å². The van der Waals surface area contributed by atoms with Gasteiger partial charge < -0.3 is 0 Å². The van der Waals surface area contributed by atoms with Gasteiger partial charge in [-0.3, -0.25) is 4.68 Å². The molecule has 0 aromatic carbocycles. The summed E-state index contributed by atoms with van der Waals surface area (Å²) in [5.41, 5.74) is 2.20. The Kier molecular flexibility index (Phi) is 3.53. The van der Waals surface area contributed by atoms with E-state index in [1.165, 1.54) is 0 Å². The first-order valence-corrected chi connectivity index (χ1v) is 5.99. The first-order valence-electron chi connectivity index (χ1n) is 4.63. The maximum Gasteiger partial charge on any atom is 0.131 e. The van der Waals surface area contributed by atoms with Gasteiger partial charge >= 0.3 is 0 Å². The molecular formula is C10H17ClN2S. The standard InChI is InChI=1S/C10H17ClN2S/c1-7-8(6-14-10(2,3)4)9(11)13(5)12-7/h6H2,1-5H3. The Labute approximate surface area is 95.0 Å². The average molecular weight is 233 g/mol. The van der Waals surface area contributed by atoms with Gasteiger partial charge in [-0.2, -0.15) is 16.9 Å². The van der Waals surface area contributed by atoms with Crippen LogP contribution in [-0.4, -0.2) is 14.5 Å². The molecule has 0 aliphatic heterocycles. The summed E-state index contributed by atoms with van der Waals surface area (Å²) in [6.45, 7) is 8.62.